The van der Waals surface area contributed by atoms with Gasteiger partial charge in [-0.3, -0.25) is 4.79 Å². The number of piperidine rings is 1. The lowest BCUT2D eigenvalue weighted by Crippen LogP contribution is -2.65. The van der Waals surface area contributed by atoms with Crippen LogP contribution in [-0.4, -0.2) is 61.1 Å². The number of amides is 1. The Morgan fingerprint density at radius 1 is 0.818 bits per heavy atom. The Kier molecular flexibility index (Phi) is 10.8. The summed E-state index contributed by atoms with van der Waals surface area (Å²) < 4.78 is 11.9. The summed E-state index contributed by atoms with van der Waals surface area (Å²) in [5, 5.41) is 3.52. The van der Waals surface area contributed by atoms with Crippen LogP contribution in [0.15, 0.2) is 35.9 Å². The molecule has 0 aromatic heterocycles. The van der Waals surface area contributed by atoms with Crippen LogP contribution in [0.2, 0.25) is 0 Å². The number of nitrogens with zero attached hydrogens (tertiary/aromatic N) is 1. The molecular weight excluding hydrogens is 685 g/mol. The second-order valence-corrected chi connectivity index (χ2v) is 21.3. The quantitative estimate of drug-likeness (QED) is 0.210. The predicted octanol–water partition coefficient (Wildman–Crippen LogP) is 10.2. The standard InChI is InChI=1S/C48H72N2O5/c1-32(2)54-40(51)33-15-11-12-16-34(33)41(52)55-39-20-21-45(7)37(44(39,5)6)19-22-47(9)38(45)18-17-35-36-31-43(3,4)23-25-48(36,26-24-46(35,47)8)42(53)49-27-30-50-28-13-10-14-29-50/h11-12,15-17,32,36-39H,10,13-14,18-31H2,1-9H3,(H,49,53)/t36-,37?,38?,39-,45-,46+,47+,48-/m0/s1. The molecule has 5 aliphatic carbocycles. The highest BCUT2D eigenvalue weighted by Gasteiger charge is 2.69. The van der Waals surface area contributed by atoms with Crippen molar-refractivity contribution >= 4 is 17.8 Å². The molecule has 1 heterocycles. The summed E-state index contributed by atoms with van der Waals surface area (Å²) in [5.41, 5.74) is 2.09. The molecule has 7 rings (SSSR count). The minimum Gasteiger partial charge on any atom is -0.459 e. The van der Waals surface area contributed by atoms with Crippen molar-refractivity contribution in [1.82, 2.24) is 10.2 Å². The highest BCUT2D eigenvalue weighted by Crippen LogP contribution is 2.76. The third kappa shape index (κ3) is 6.82. The monoisotopic (exact) mass is 757 g/mol. The van der Waals surface area contributed by atoms with Crippen LogP contribution in [0, 0.1) is 50.2 Å². The largest absolute Gasteiger partial charge is 0.459 e. The molecule has 7 nitrogen and oxygen atoms in total. The normalized spacial score (nSPS) is 38.0. The van der Waals surface area contributed by atoms with Crippen LogP contribution in [0.3, 0.4) is 0 Å². The first-order valence-electron chi connectivity index (χ1n) is 22.1. The number of carbonyl (C=O) groups excluding carboxylic acids is 3. The van der Waals surface area contributed by atoms with Crippen LogP contribution in [-0.2, 0) is 14.3 Å². The van der Waals surface area contributed by atoms with Crippen LogP contribution < -0.4 is 5.32 Å². The molecule has 0 radical (unpaired) electrons. The zero-order valence-electron chi connectivity index (χ0n) is 35.8. The number of carbonyl (C=O) groups is 3. The van der Waals surface area contributed by atoms with E-state index in [4.69, 9.17) is 9.47 Å². The summed E-state index contributed by atoms with van der Waals surface area (Å²) in [5.74, 6) is 0.593. The van der Waals surface area contributed by atoms with Gasteiger partial charge < -0.3 is 19.7 Å². The Bertz CT molecular complexity index is 1670. The summed E-state index contributed by atoms with van der Waals surface area (Å²) in [7, 11) is 0. The maximum absolute atomic E-state index is 14.5. The maximum Gasteiger partial charge on any atom is 0.339 e. The Morgan fingerprint density at radius 2 is 1.49 bits per heavy atom. The lowest BCUT2D eigenvalue weighted by Gasteiger charge is -2.71. The zero-order valence-corrected chi connectivity index (χ0v) is 35.8. The van der Waals surface area contributed by atoms with E-state index in [-0.39, 0.29) is 55.8 Å². The molecule has 0 spiro atoms. The van der Waals surface area contributed by atoms with Gasteiger partial charge in [-0.1, -0.05) is 78.7 Å². The van der Waals surface area contributed by atoms with Gasteiger partial charge in [-0.15, -0.1) is 0 Å². The van der Waals surface area contributed by atoms with Gasteiger partial charge in [0.15, 0.2) is 0 Å². The topological polar surface area (TPSA) is 84.9 Å². The van der Waals surface area contributed by atoms with Crippen molar-refractivity contribution < 1.29 is 23.9 Å². The van der Waals surface area contributed by atoms with Gasteiger partial charge in [0.2, 0.25) is 5.91 Å². The number of hydrogen-bond donors (Lipinski definition) is 1. The van der Waals surface area contributed by atoms with Crippen LogP contribution in [0.4, 0.5) is 0 Å². The highest BCUT2D eigenvalue weighted by molar-refractivity contribution is 6.03. The van der Waals surface area contributed by atoms with E-state index >= 15 is 0 Å². The number of ether oxygens (including phenoxy) is 2. The molecule has 1 amide bonds. The Balaban J connectivity index is 1.12. The van der Waals surface area contributed by atoms with Crippen molar-refractivity contribution in [2.45, 2.75) is 158 Å². The molecule has 7 heteroatoms. The van der Waals surface area contributed by atoms with E-state index in [9.17, 15) is 14.4 Å². The molecule has 1 N–H and O–H groups in total. The lowest BCUT2D eigenvalue weighted by atomic mass is 9.33. The summed E-state index contributed by atoms with van der Waals surface area (Å²) in [4.78, 5) is 43.8. The van der Waals surface area contributed by atoms with E-state index in [2.05, 4.69) is 64.8 Å². The van der Waals surface area contributed by atoms with E-state index in [0.717, 1.165) is 90.4 Å². The van der Waals surface area contributed by atoms with E-state index < -0.39 is 11.9 Å². The SMILES string of the molecule is CC(C)OC(=O)c1ccccc1C(=O)O[C@H]1CC[C@@]2(C)C(CC[C@]3(C)C2CC=C2[C@@H]4CC(C)(C)CC[C@]4(C(=O)NCCN4CCCCC4)CC[C@]23C)C1(C)C. The van der Waals surface area contributed by atoms with Crippen LogP contribution in [0.25, 0.3) is 0 Å². The van der Waals surface area contributed by atoms with Gasteiger partial charge in [0.05, 0.1) is 22.6 Å². The van der Waals surface area contributed by atoms with Gasteiger partial charge in [-0.2, -0.15) is 0 Å². The minimum atomic E-state index is -0.493. The molecule has 1 aromatic carbocycles. The molecule has 0 bridgehead atoms. The first-order chi connectivity index (χ1) is 25.9. The Hall–Kier alpha value is -2.67. The minimum absolute atomic E-state index is 0.0430. The fourth-order valence-corrected chi connectivity index (χ4v) is 13.8. The van der Waals surface area contributed by atoms with Gasteiger partial charge in [0.1, 0.15) is 6.10 Å². The summed E-state index contributed by atoms with van der Waals surface area (Å²) in [6.45, 7) is 25.0. The van der Waals surface area contributed by atoms with Crippen molar-refractivity contribution in [1.29, 1.82) is 0 Å². The number of benzene rings is 1. The number of likely N-dealkylation sites (tertiary alicyclic amines) is 1. The molecule has 4 saturated carbocycles. The molecule has 1 aliphatic heterocycles. The van der Waals surface area contributed by atoms with Crippen molar-refractivity contribution in [3.8, 4) is 0 Å². The van der Waals surface area contributed by atoms with Gasteiger partial charge in [0.25, 0.3) is 0 Å². The summed E-state index contributed by atoms with van der Waals surface area (Å²) in [6, 6.07) is 6.89. The van der Waals surface area contributed by atoms with Crippen LogP contribution >= 0.6 is 0 Å². The maximum atomic E-state index is 14.5. The number of esters is 2. The van der Waals surface area contributed by atoms with Crippen LogP contribution in [0.1, 0.15) is 167 Å². The molecule has 2 unspecified atom stereocenters. The van der Waals surface area contributed by atoms with Gasteiger partial charge >= 0.3 is 11.9 Å². The molecular formula is C48H72N2O5. The molecule has 1 saturated heterocycles. The predicted molar refractivity (Wildman–Crippen MR) is 219 cm³/mol. The number of fused-ring (bicyclic) bond motifs is 7. The van der Waals surface area contributed by atoms with Crippen molar-refractivity contribution in [2.24, 2.45) is 50.2 Å². The molecule has 8 atom stereocenters. The highest BCUT2D eigenvalue weighted by atomic mass is 16.6. The third-order valence-corrected chi connectivity index (χ3v) is 17.1. The summed E-state index contributed by atoms with van der Waals surface area (Å²) in [6.07, 6.45) is 16.4. The first kappa shape index (κ1) is 40.5. The Morgan fingerprint density at radius 3 is 2.18 bits per heavy atom. The van der Waals surface area contributed by atoms with E-state index in [0.29, 0.717) is 23.7 Å². The lowest BCUT2D eigenvalue weighted by molar-refractivity contribution is -0.204. The van der Waals surface area contributed by atoms with Crippen LogP contribution in [0.5, 0.6) is 0 Å². The van der Waals surface area contributed by atoms with Gasteiger partial charge in [-0.25, -0.2) is 9.59 Å². The second-order valence-electron chi connectivity index (χ2n) is 21.3. The van der Waals surface area contributed by atoms with Gasteiger partial charge in [0, 0.05) is 18.5 Å². The average molecular weight is 757 g/mol. The van der Waals surface area contributed by atoms with Gasteiger partial charge in [-0.05, 0) is 156 Å². The van der Waals surface area contributed by atoms with E-state index in [1.54, 1.807) is 29.8 Å². The average Bonchev–Trinajstić information content (AvgIpc) is 3.13. The van der Waals surface area contributed by atoms with Crippen molar-refractivity contribution in [2.75, 3.05) is 26.2 Å². The second kappa shape index (κ2) is 14.6. The number of nitrogens with one attached hydrogen (secondary N) is 1. The Labute approximate surface area is 332 Å². The van der Waals surface area contributed by atoms with Crippen molar-refractivity contribution in [3.63, 3.8) is 0 Å². The van der Waals surface area contributed by atoms with E-state index in [1.807, 2.05) is 13.8 Å². The molecule has 55 heavy (non-hydrogen) atoms. The number of allylic oxidation sites excluding steroid dienone is 2. The smallest absolute Gasteiger partial charge is 0.339 e. The molecule has 6 aliphatic rings. The number of rotatable bonds is 8. The van der Waals surface area contributed by atoms with Crippen molar-refractivity contribution in [3.05, 3.63) is 47.0 Å². The summed E-state index contributed by atoms with van der Waals surface area (Å²) >= 11 is 0. The fourth-order valence-electron chi connectivity index (χ4n) is 13.8. The molecule has 304 valence electrons. The third-order valence-electron chi connectivity index (χ3n) is 17.1. The fraction of sp³-hybridized carbons (Fsp3) is 0.771. The van der Waals surface area contributed by atoms with E-state index in [1.165, 1.54) is 19.3 Å². The molecule has 5 fully saturated rings. The first-order valence-corrected chi connectivity index (χ1v) is 22.1. The molecule has 1 aromatic rings. The zero-order chi connectivity index (χ0) is 39.6. The number of hydrogen-bond acceptors (Lipinski definition) is 6.